The Balaban J connectivity index is 2.56. The fourth-order valence-corrected chi connectivity index (χ4v) is 2.33. The van der Waals surface area contributed by atoms with Gasteiger partial charge in [0.15, 0.2) is 5.69 Å². The summed E-state index contributed by atoms with van der Waals surface area (Å²) in [7, 11) is 2.95. The van der Waals surface area contributed by atoms with Crippen molar-refractivity contribution in [3.05, 3.63) is 47.7 Å². The number of aromatic nitrogens is 1. The summed E-state index contributed by atoms with van der Waals surface area (Å²) in [6.07, 6.45) is 0. The topological polar surface area (TPSA) is 48.4 Å². The van der Waals surface area contributed by atoms with E-state index in [9.17, 15) is 4.79 Å². The van der Waals surface area contributed by atoms with Gasteiger partial charge in [-0.2, -0.15) is 0 Å². The fourth-order valence-electron chi connectivity index (χ4n) is 1.88. The van der Waals surface area contributed by atoms with Crippen LogP contribution in [0.2, 0.25) is 0 Å². The van der Waals surface area contributed by atoms with E-state index in [0.29, 0.717) is 22.5 Å². The van der Waals surface area contributed by atoms with Crippen LogP contribution in [0.5, 0.6) is 5.75 Å². The Morgan fingerprint density at radius 1 is 1.20 bits per heavy atom. The van der Waals surface area contributed by atoms with Gasteiger partial charge in [0, 0.05) is 10.9 Å². The van der Waals surface area contributed by atoms with Crippen molar-refractivity contribution in [2.24, 2.45) is 0 Å². The van der Waals surface area contributed by atoms with Crippen LogP contribution in [0.1, 0.15) is 16.1 Å². The van der Waals surface area contributed by atoms with Crippen LogP contribution in [0.15, 0.2) is 36.4 Å². The summed E-state index contributed by atoms with van der Waals surface area (Å²) in [6.45, 7) is 0. The molecule has 0 radical (unpaired) electrons. The predicted octanol–water partition coefficient (Wildman–Crippen LogP) is 3.44. The van der Waals surface area contributed by atoms with Crippen molar-refractivity contribution in [2.45, 2.75) is 5.33 Å². The number of esters is 1. The number of pyridine rings is 1. The van der Waals surface area contributed by atoms with E-state index in [2.05, 4.69) is 20.9 Å². The molecule has 0 N–H and O–H groups in total. The number of ether oxygens (including phenoxy) is 2. The molecule has 0 spiro atoms. The average Bonchev–Trinajstić information content (AvgIpc) is 2.53. The Bertz CT molecular complexity index is 628. The first-order valence-corrected chi connectivity index (χ1v) is 7.11. The quantitative estimate of drug-likeness (QED) is 0.634. The molecule has 4 nitrogen and oxygen atoms in total. The summed E-state index contributed by atoms with van der Waals surface area (Å²) in [5, 5.41) is 0.538. The Morgan fingerprint density at radius 2 is 1.95 bits per heavy atom. The van der Waals surface area contributed by atoms with Gasteiger partial charge < -0.3 is 9.47 Å². The third-order valence-corrected chi connectivity index (χ3v) is 3.49. The van der Waals surface area contributed by atoms with Crippen molar-refractivity contribution in [2.75, 3.05) is 14.2 Å². The third kappa shape index (κ3) is 2.82. The van der Waals surface area contributed by atoms with E-state index >= 15 is 0 Å². The number of benzene rings is 1. The summed E-state index contributed by atoms with van der Waals surface area (Å²) < 4.78 is 10.1. The molecule has 0 aliphatic carbocycles. The van der Waals surface area contributed by atoms with Gasteiger partial charge in [-0.3, -0.25) is 0 Å². The molecule has 1 aromatic carbocycles. The van der Waals surface area contributed by atoms with Gasteiger partial charge in [-0.15, -0.1) is 0 Å². The second-order valence-corrected chi connectivity index (χ2v) is 4.59. The molecule has 0 aliphatic heterocycles. The summed E-state index contributed by atoms with van der Waals surface area (Å²) in [6, 6.07) is 11.3. The van der Waals surface area contributed by atoms with E-state index in [-0.39, 0.29) is 0 Å². The van der Waals surface area contributed by atoms with Crippen molar-refractivity contribution in [1.82, 2.24) is 4.98 Å². The highest BCUT2D eigenvalue weighted by Gasteiger charge is 2.16. The molecule has 0 saturated carbocycles. The van der Waals surface area contributed by atoms with Crippen LogP contribution in [0, 0.1) is 0 Å². The Labute approximate surface area is 125 Å². The van der Waals surface area contributed by atoms with Crippen molar-refractivity contribution in [3.63, 3.8) is 0 Å². The number of halogens is 1. The molecule has 5 heteroatoms. The number of nitrogens with zero attached hydrogens (tertiary/aromatic N) is 1. The molecule has 0 amide bonds. The second kappa shape index (κ2) is 6.52. The lowest BCUT2D eigenvalue weighted by Gasteiger charge is -2.10. The molecule has 2 aromatic rings. The first-order chi connectivity index (χ1) is 9.71. The van der Waals surface area contributed by atoms with E-state index in [1.165, 1.54) is 7.11 Å². The van der Waals surface area contributed by atoms with Crippen molar-refractivity contribution < 1.29 is 14.3 Å². The lowest BCUT2D eigenvalue weighted by atomic mass is 10.1. The minimum Gasteiger partial charge on any atom is -0.496 e. The van der Waals surface area contributed by atoms with Crippen molar-refractivity contribution in [3.8, 4) is 17.0 Å². The van der Waals surface area contributed by atoms with Gasteiger partial charge in [0.05, 0.1) is 19.9 Å². The molecule has 104 valence electrons. The van der Waals surface area contributed by atoms with Gasteiger partial charge in [0.1, 0.15) is 5.75 Å². The molecular weight excluding hydrogens is 322 g/mol. The molecule has 0 fully saturated rings. The highest BCUT2D eigenvalue weighted by atomic mass is 79.9. The van der Waals surface area contributed by atoms with Crippen LogP contribution < -0.4 is 4.74 Å². The number of hydrogen-bond acceptors (Lipinski definition) is 4. The first kappa shape index (κ1) is 14.5. The van der Waals surface area contributed by atoms with Crippen LogP contribution >= 0.6 is 15.9 Å². The summed E-state index contributed by atoms with van der Waals surface area (Å²) in [5.74, 6) is 0.263. The fraction of sp³-hybridized carbons (Fsp3) is 0.200. The molecule has 2 rings (SSSR count). The second-order valence-electron chi connectivity index (χ2n) is 4.03. The van der Waals surface area contributed by atoms with Crippen LogP contribution in [0.4, 0.5) is 0 Å². The number of hydrogen-bond donors (Lipinski definition) is 0. The van der Waals surface area contributed by atoms with Gasteiger partial charge in [-0.05, 0) is 23.8 Å². The number of methoxy groups -OCH3 is 2. The van der Waals surface area contributed by atoms with Crippen molar-refractivity contribution >= 4 is 21.9 Å². The third-order valence-electron chi connectivity index (χ3n) is 2.88. The van der Waals surface area contributed by atoms with Gasteiger partial charge >= 0.3 is 5.97 Å². The molecule has 1 aromatic heterocycles. The molecule has 0 bridgehead atoms. The number of para-hydroxylation sites is 1. The lowest BCUT2D eigenvalue weighted by molar-refractivity contribution is 0.0593. The summed E-state index contributed by atoms with van der Waals surface area (Å²) >= 11 is 3.34. The number of carbonyl (C=O) groups is 1. The summed E-state index contributed by atoms with van der Waals surface area (Å²) in [4.78, 5) is 16.2. The van der Waals surface area contributed by atoms with Gasteiger partial charge in [-0.25, -0.2) is 9.78 Å². The minimum absolute atomic E-state index is 0.313. The Kier molecular flexibility index (Phi) is 4.74. The molecule has 1 heterocycles. The molecular formula is C15H14BrNO3. The van der Waals surface area contributed by atoms with E-state index in [4.69, 9.17) is 9.47 Å². The van der Waals surface area contributed by atoms with Crippen LogP contribution in [-0.4, -0.2) is 25.2 Å². The van der Waals surface area contributed by atoms with Crippen molar-refractivity contribution in [1.29, 1.82) is 0 Å². The summed E-state index contributed by atoms with van der Waals surface area (Å²) in [5.41, 5.74) is 2.61. The average molecular weight is 336 g/mol. The smallest absolute Gasteiger partial charge is 0.356 e. The molecule has 20 heavy (non-hydrogen) atoms. The molecule has 0 unspecified atom stereocenters. The maximum atomic E-state index is 11.8. The van der Waals surface area contributed by atoms with E-state index in [0.717, 1.165) is 11.1 Å². The van der Waals surface area contributed by atoms with E-state index in [1.807, 2.05) is 36.4 Å². The van der Waals surface area contributed by atoms with E-state index in [1.54, 1.807) is 7.11 Å². The standard InChI is InChI=1S/C15H14BrNO3/c1-19-13-6-4-3-5-11(13)12-8-7-10(9-16)14(17-12)15(18)20-2/h3-8H,9H2,1-2H3. The molecule has 0 saturated heterocycles. The maximum Gasteiger partial charge on any atom is 0.356 e. The number of alkyl halides is 1. The zero-order chi connectivity index (χ0) is 14.5. The first-order valence-electron chi connectivity index (χ1n) is 5.98. The lowest BCUT2D eigenvalue weighted by Crippen LogP contribution is -2.08. The normalized spacial score (nSPS) is 10.2. The van der Waals surface area contributed by atoms with E-state index < -0.39 is 5.97 Å². The predicted molar refractivity (Wildman–Crippen MR) is 80.2 cm³/mol. The largest absolute Gasteiger partial charge is 0.496 e. The van der Waals surface area contributed by atoms with Gasteiger partial charge in [0.2, 0.25) is 0 Å². The molecule has 0 aliphatic rings. The highest BCUT2D eigenvalue weighted by molar-refractivity contribution is 9.08. The number of rotatable bonds is 4. The Morgan fingerprint density at radius 3 is 2.60 bits per heavy atom. The molecule has 0 atom stereocenters. The van der Waals surface area contributed by atoms with Gasteiger partial charge in [-0.1, -0.05) is 34.1 Å². The minimum atomic E-state index is -0.448. The van der Waals surface area contributed by atoms with Gasteiger partial charge in [0.25, 0.3) is 0 Å². The number of carbonyl (C=O) groups excluding carboxylic acids is 1. The maximum absolute atomic E-state index is 11.8. The van der Waals surface area contributed by atoms with Crippen LogP contribution in [0.25, 0.3) is 11.3 Å². The zero-order valence-corrected chi connectivity index (χ0v) is 12.8. The van der Waals surface area contributed by atoms with Crippen LogP contribution in [0.3, 0.4) is 0 Å². The SMILES string of the molecule is COC(=O)c1nc(-c2ccccc2OC)ccc1CBr. The highest BCUT2D eigenvalue weighted by Crippen LogP contribution is 2.29. The Hall–Kier alpha value is -1.88. The zero-order valence-electron chi connectivity index (χ0n) is 11.2. The van der Waals surface area contributed by atoms with Crippen LogP contribution in [-0.2, 0) is 10.1 Å². The monoisotopic (exact) mass is 335 g/mol.